The SMILES string of the molecule is COc1ccc([C@H]2CC(=O)C3=C(C2)NC(C)=C(C(=O)OCCOc2ccccc2)[C@H]3c2cc(Br)c(O)c(OC)c2)cc1. The number of Topliss-reactive ketones (excluding diaryl/α,β-unsaturated/α-hetero) is 1. The lowest BCUT2D eigenvalue weighted by molar-refractivity contribution is -0.140. The molecule has 2 aliphatic rings. The molecule has 1 aliphatic carbocycles. The van der Waals surface area contributed by atoms with E-state index in [2.05, 4.69) is 21.2 Å². The fourth-order valence-corrected chi connectivity index (χ4v) is 6.02. The highest BCUT2D eigenvalue weighted by Gasteiger charge is 2.42. The van der Waals surface area contributed by atoms with Gasteiger partial charge in [0.15, 0.2) is 17.3 Å². The van der Waals surface area contributed by atoms with Gasteiger partial charge in [0.2, 0.25) is 0 Å². The largest absolute Gasteiger partial charge is 0.503 e. The number of hydrogen-bond acceptors (Lipinski definition) is 8. The fraction of sp³-hybridized carbons (Fsp3) is 0.273. The molecule has 0 aromatic heterocycles. The van der Waals surface area contributed by atoms with Crippen molar-refractivity contribution in [1.29, 1.82) is 0 Å². The highest BCUT2D eigenvalue weighted by Crippen LogP contribution is 2.48. The van der Waals surface area contributed by atoms with Crippen LogP contribution < -0.4 is 19.5 Å². The van der Waals surface area contributed by atoms with Crippen LogP contribution >= 0.6 is 15.9 Å². The first-order valence-corrected chi connectivity index (χ1v) is 14.4. The molecule has 0 fully saturated rings. The maximum atomic E-state index is 13.9. The average molecular weight is 635 g/mol. The van der Waals surface area contributed by atoms with Crippen LogP contribution in [0, 0.1) is 0 Å². The molecule has 0 spiro atoms. The van der Waals surface area contributed by atoms with E-state index in [4.69, 9.17) is 18.9 Å². The Bertz CT molecular complexity index is 1550. The summed E-state index contributed by atoms with van der Waals surface area (Å²) < 4.78 is 22.4. The number of carbonyl (C=O) groups is 2. The second-order valence-electron chi connectivity index (χ2n) is 10.1. The number of allylic oxidation sites excluding steroid dienone is 3. The van der Waals surface area contributed by atoms with Gasteiger partial charge in [-0.3, -0.25) is 4.79 Å². The van der Waals surface area contributed by atoms with Crippen LogP contribution in [0.4, 0.5) is 0 Å². The summed E-state index contributed by atoms with van der Waals surface area (Å²) in [7, 11) is 3.07. The van der Waals surface area contributed by atoms with Gasteiger partial charge in [-0.2, -0.15) is 0 Å². The summed E-state index contributed by atoms with van der Waals surface area (Å²) in [5.74, 6) is 0.204. The van der Waals surface area contributed by atoms with E-state index in [1.165, 1.54) is 7.11 Å². The first kappa shape index (κ1) is 29.3. The quantitative estimate of drug-likeness (QED) is 0.213. The zero-order chi connectivity index (χ0) is 29.8. The maximum absolute atomic E-state index is 13.9. The number of benzene rings is 3. The van der Waals surface area contributed by atoms with Gasteiger partial charge in [0, 0.05) is 29.3 Å². The molecule has 2 atom stereocenters. The number of ketones is 1. The monoisotopic (exact) mass is 633 g/mol. The van der Waals surface area contributed by atoms with Gasteiger partial charge in [-0.25, -0.2) is 4.79 Å². The van der Waals surface area contributed by atoms with E-state index in [9.17, 15) is 14.7 Å². The van der Waals surface area contributed by atoms with Crippen molar-refractivity contribution in [1.82, 2.24) is 5.32 Å². The summed E-state index contributed by atoms with van der Waals surface area (Å²) in [6, 6.07) is 20.4. The molecule has 42 heavy (non-hydrogen) atoms. The van der Waals surface area contributed by atoms with Crippen LogP contribution in [0.25, 0.3) is 0 Å². The van der Waals surface area contributed by atoms with Crippen molar-refractivity contribution in [2.45, 2.75) is 31.6 Å². The van der Waals surface area contributed by atoms with Crippen LogP contribution in [-0.2, 0) is 14.3 Å². The number of rotatable bonds is 9. The average Bonchev–Trinajstić information content (AvgIpc) is 3.00. The number of methoxy groups -OCH3 is 2. The first-order chi connectivity index (χ1) is 20.3. The van der Waals surface area contributed by atoms with E-state index in [0.29, 0.717) is 39.0 Å². The van der Waals surface area contributed by atoms with Crippen LogP contribution in [0.5, 0.6) is 23.0 Å². The van der Waals surface area contributed by atoms with Crippen LogP contribution in [0.2, 0.25) is 0 Å². The third kappa shape index (κ3) is 6.01. The third-order valence-electron chi connectivity index (χ3n) is 7.57. The fourth-order valence-electron chi connectivity index (χ4n) is 5.56. The number of hydrogen-bond donors (Lipinski definition) is 2. The molecule has 0 saturated heterocycles. The van der Waals surface area contributed by atoms with E-state index < -0.39 is 11.9 Å². The Labute approximate surface area is 253 Å². The lowest BCUT2D eigenvalue weighted by Gasteiger charge is -2.37. The summed E-state index contributed by atoms with van der Waals surface area (Å²) in [4.78, 5) is 27.5. The molecular weight excluding hydrogens is 602 g/mol. The number of nitrogens with one attached hydrogen (secondary N) is 1. The molecule has 3 aromatic rings. The van der Waals surface area contributed by atoms with Gasteiger partial charge in [-0.15, -0.1) is 0 Å². The summed E-state index contributed by atoms with van der Waals surface area (Å²) in [6.07, 6.45) is 0.872. The molecule has 218 valence electrons. The predicted octanol–water partition coefficient (Wildman–Crippen LogP) is 6.16. The molecule has 1 aliphatic heterocycles. The summed E-state index contributed by atoms with van der Waals surface area (Å²) >= 11 is 3.40. The van der Waals surface area contributed by atoms with E-state index in [0.717, 1.165) is 17.0 Å². The van der Waals surface area contributed by atoms with Crippen LogP contribution in [0.3, 0.4) is 0 Å². The molecule has 8 nitrogen and oxygen atoms in total. The van der Waals surface area contributed by atoms with Crippen molar-refractivity contribution in [3.63, 3.8) is 0 Å². The Hall–Kier alpha value is -4.24. The minimum absolute atomic E-state index is 0.0270. The van der Waals surface area contributed by atoms with Gasteiger partial charge < -0.3 is 29.4 Å². The van der Waals surface area contributed by atoms with Crippen LogP contribution in [-0.4, -0.2) is 44.3 Å². The third-order valence-corrected chi connectivity index (χ3v) is 8.17. The second kappa shape index (κ2) is 12.7. The number of ether oxygens (including phenoxy) is 4. The number of phenolic OH excluding ortho intramolecular Hbond substituents is 1. The lowest BCUT2D eigenvalue weighted by Crippen LogP contribution is -2.36. The minimum Gasteiger partial charge on any atom is -0.503 e. The molecule has 0 saturated carbocycles. The van der Waals surface area contributed by atoms with Crippen molar-refractivity contribution in [2.75, 3.05) is 27.4 Å². The van der Waals surface area contributed by atoms with Gasteiger partial charge in [0.25, 0.3) is 0 Å². The molecule has 5 rings (SSSR count). The highest BCUT2D eigenvalue weighted by molar-refractivity contribution is 9.10. The number of phenols is 1. The maximum Gasteiger partial charge on any atom is 0.336 e. The molecular formula is C33H32BrNO7. The summed E-state index contributed by atoms with van der Waals surface area (Å²) in [5.41, 5.74) is 3.85. The Morgan fingerprint density at radius 2 is 1.69 bits per heavy atom. The Kier molecular flexibility index (Phi) is 8.87. The second-order valence-corrected chi connectivity index (χ2v) is 11.0. The molecule has 0 radical (unpaired) electrons. The smallest absolute Gasteiger partial charge is 0.336 e. The highest BCUT2D eigenvalue weighted by atomic mass is 79.9. The van der Waals surface area contributed by atoms with Crippen molar-refractivity contribution in [3.05, 3.63) is 105 Å². The number of dihydropyridines is 1. The molecule has 0 bridgehead atoms. The topological polar surface area (TPSA) is 103 Å². The van der Waals surface area contributed by atoms with Gasteiger partial charge in [0.1, 0.15) is 24.7 Å². The Morgan fingerprint density at radius 1 is 0.952 bits per heavy atom. The number of para-hydroxylation sites is 1. The van der Waals surface area contributed by atoms with Gasteiger partial charge in [-0.1, -0.05) is 30.3 Å². The van der Waals surface area contributed by atoms with E-state index >= 15 is 0 Å². The van der Waals surface area contributed by atoms with Crippen molar-refractivity contribution in [3.8, 4) is 23.0 Å². The Morgan fingerprint density at radius 3 is 2.38 bits per heavy atom. The first-order valence-electron chi connectivity index (χ1n) is 13.6. The molecule has 2 N–H and O–H groups in total. The van der Waals surface area contributed by atoms with E-state index in [1.807, 2.05) is 61.5 Å². The van der Waals surface area contributed by atoms with Crippen molar-refractivity contribution in [2.24, 2.45) is 0 Å². The number of aromatic hydroxyl groups is 1. The molecule has 0 unspecified atom stereocenters. The summed E-state index contributed by atoms with van der Waals surface area (Å²) in [5, 5.41) is 13.8. The van der Waals surface area contributed by atoms with Gasteiger partial charge >= 0.3 is 5.97 Å². The number of halogens is 1. The molecule has 3 aromatic carbocycles. The van der Waals surface area contributed by atoms with Crippen molar-refractivity contribution < 1.29 is 33.6 Å². The Balaban J connectivity index is 1.47. The minimum atomic E-state index is -0.723. The zero-order valence-electron chi connectivity index (χ0n) is 23.6. The standard InChI is InChI=1S/C33H32BrNO7/c1-19-29(33(38)42-14-13-41-24-7-5-4-6-8-24)30(22-15-25(34)32(37)28(18-22)40-3)31-26(35-19)16-21(17-27(31)36)20-9-11-23(39-2)12-10-20/h4-12,15,18,21,30,35,37H,13-14,16-17H2,1-3H3/t21-,30-/m1/s1. The molecule has 9 heteroatoms. The van der Waals surface area contributed by atoms with Crippen molar-refractivity contribution >= 4 is 27.7 Å². The normalized spacial score (nSPS) is 18.2. The number of carbonyl (C=O) groups excluding carboxylic acids is 2. The number of esters is 1. The zero-order valence-corrected chi connectivity index (χ0v) is 25.2. The van der Waals surface area contributed by atoms with E-state index in [1.54, 1.807) is 19.2 Å². The molecule has 1 heterocycles. The lowest BCUT2D eigenvalue weighted by atomic mass is 9.71. The molecule has 0 amide bonds. The van der Waals surface area contributed by atoms with Gasteiger partial charge in [-0.05, 0) is 82.7 Å². The van der Waals surface area contributed by atoms with Crippen LogP contribution in [0.1, 0.15) is 42.7 Å². The predicted molar refractivity (Wildman–Crippen MR) is 161 cm³/mol. The van der Waals surface area contributed by atoms with Crippen LogP contribution in [0.15, 0.2) is 93.7 Å². The summed E-state index contributed by atoms with van der Waals surface area (Å²) in [6.45, 7) is 2.01. The van der Waals surface area contributed by atoms with E-state index in [-0.39, 0.29) is 42.8 Å². The van der Waals surface area contributed by atoms with Gasteiger partial charge in [0.05, 0.1) is 24.3 Å².